The van der Waals surface area contributed by atoms with Crippen LogP contribution in [-0.2, 0) is 43.3 Å². The van der Waals surface area contributed by atoms with Gasteiger partial charge < -0.3 is 47.9 Å². The van der Waals surface area contributed by atoms with Gasteiger partial charge in [-0.15, -0.1) is 11.3 Å². The van der Waals surface area contributed by atoms with Crippen LogP contribution < -0.4 is 18.9 Å². The van der Waals surface area contributed by atoms with Gasteiger partial charge in [-0.05, 0) is 85.1 Å². The number of carboxylic acid groups (broad SMARTS) is 1. The zero-order chi connectivity index (χ0) is 55.5. The normalized spacial score (nSPS) is 18.8. The number of likely N-dealkylation sites (N-methyl/N-ethyl adjacent to an activating group) is 1. The molecule has 4 bridgehead atoms. The zero-order valence-corrected chi connectivity index (χ0v) is 47.3. The Morgan fingerprint density at radius 1 is 0.762 bits per heavy atom. The molecule has 4 aliphatic heterocycles. The van der Waals surface area contributed by atoms with Crippen LogP contribution in [0.15, 0.2) is 85.3 Å². The number of piperazine rings is 1. The Morgan fingerprint density at radius 2 is 1.43 bits per heavy atom. The summed E-state index contributed by atoms with van der Waals surface area (Å²) in [7, 11) is 2.10. The summed E-state index contributed by atoms with van der Waals surface area (Å²) in [4.78, 5) is 40.3. The first-order valence-electron chi connectivity index (χ1n) is 26.8. The van der Waals surface area contributed by atoms with Gasteiger partial charge in [-0.3, -0.25) is 9.80 Å². The van der Waals surface area contributed by atoms with Gasteiger partial charge in [0.1, 0.15) is 47.8 Å². The number of carbonyl (C=O) groups is 1. The molecular weight excluding hydrogens is 1090 g/mol. The van der Waals surface area contributed by atoms with Crippen molar-refractivity contribution >= 4 is 50.7 Å². The molecule has 3 aromatic heterocycles. The Labute approximate surface area is 478 Å². The number of thiophene rings is 1. The molecule has 4 aromatic carbocycles. The number of fused-ring (bicyclic) bond motifs is 7. The van der Waals surface area contributed by atoms with Crippen molar-refractivity contribution in [2.24, 2.45) is 0 Å². The van der Waals surface area contributed by atoms with Gasteiger partial charge in [-0.2, -0.15) is 0 Å². The molecule has 2 fully saturated rings. The van der Waals surface area contributed by atoms with Crippen molar-refractivity contribution < 1.29 is 52.2 Å². The van der Waals surface area contributed by atoms with Crippen LogP contribution >= 0.6 is 34.5 Å². The van der Waals surface area contributed by atoms with Crippen LogP contribution in [0, 0.1) is 19.7 Å². The van der Waals surface area contributed by atoms with Crippen molar-refractivity contribution in [3.05, 3.63) is 129 Å². The fraction of sp³-hybridized carbons (Fsp3) is 0.407. The number of rotatable bonds is 10. The minimum atomic E-state index is -1.49. The van der Waals surface area contributed by atoms with Crippen molar-refractivity contribution in [2.75, 3.05) is 112 Å². The SMILES string of the molecule is Cc1c(Cl)c2c(Cl)c(C)c1-c1c(-c3ccc(F)cc3)sc3ncnc(c13)O[C@@H](C(=O)O)Cc1cc(ccc1OCc1ccnc(-c3ccc(CN4CCOCCOCCOCCOCC4)cc3)n1)OC[C@@H](CN1CCN(C)CC1)O2. The average Bonchev–Trinajstić information content (AvgIpc) is 4.02. The fourth-order valence-corrected chi connectivity index (χ4v) is 11.6. The van der Waals surface area contributed by atoms with E-state index >= 15 is 0 Å². The van der Waals surface area contributed by atoms with E-state index in [-0.39, 0.29) is 25.5 Å². The molecule has 11 rings (SSSR count). The third-order valence-electron chi connectivity index (χ3n) is 14.3. The van der Waals surface area contributed by atoms with Gasteiger partial charge in [0.25, 0.3) is 0 Å². The summed E-state index contributed by atoms with van der Waals surface area (Å²) in [6, 6.07) is 21.4. The van der Waals surface area contributed by atoms with Gasteiger partial charge in [0, 0.05) is 86.5 Å². The number of nitrogens with zero attached hydrogens (tertiary/aromatic N) is 7. The summed E-state index contributed by atoms with van der Waals surface area (Å²) >= 11 is 16.1. The molecule has 7 heterocycles. The highest BCUT2D eigenvalue weighted by Crippen LogP contribution is 2.53. The van der Waals surface area contributed by atoms with Crippen LogP contribution in [0.4, 0.5) is 4.39 Å². The molecule has 422 valence electrons. The van der Waals surface area contributed by atoms with Gasteiger partial charge in [0.2, 0.25) is 12.0 Å². The molecule has 0 aliphatic carbocycles. The lowest BCUT2D eigenvalue weighted by molar-refractivity contribution is -0.145. The Balaban J connectivity index is 0.947. The van der Waals surface area contributed by atoms with E-state index in [1.165, 1.54) is 29.8 Å². The van der Waals surface area contributed by atoms with E-state index < -0.39 is 24.0 Å². The van der Waals surface area contributed by atoms with Crippen LogP contribution in [-0.4, -0.2) is 170 Å². The molecule has 0 unspecified atom stereocenters. The van der Waals surface area contributed by atoms with Gasteiger partial charge in [0.05, 0.1) is 74.0 Å². The predicted octanol–water partition coefficient (Wildman–Crippen LogP) is 9.47. The number of hydrogen-bond donors (Lipinski definition) is 1. The minimum Gasteiger partial charge on any atom is -0.490 e. The molecule has 0 saturated carbocycles. The maximum atomic E-state index is 14.5. The van der Waals surface area contributed by atoms with Crippen molar-refractivity contribution in [3.8, 4) is 56.1 Å². The zero-order valence-electron chi connectivity index (χ0n) is 45.0. The second-order valence-corrected chi connectivity index (χ2v) is 21.7. The van der Waals surface area contributed by atoms with Gasteiger partial charge in [-0.1, -0.05) is 59.6 Å². The number of carboxylic acids is 1. The summed E-state index contributed by atoms with van der Waals surface area (Å²) in [6.07, 6.45) is 0.830. The smallest absolute Gasteiger partial charge is 0.345 e. The average molecular weight is 1150 g/mol. The molecule has 4 aliphatic rings. The number of halogens is 3. The first kappa shape index (κ1) is 57.1. The summed E-state index contributed by atoms with van der Waals surface area (Å²) in [5.41, 5.74) is 6.28. The Morgan fingerprint density at radius 3 is 2.10 bits per heavy atom. The molecule has 7 aromatic rings. The third-order valence-corrected chi connectivity index (χ3v) is 16.3. The summed E-state index contributed by atoms with van der Waals surface area (Å²) in [5.74, 6) is 0.0506. The van der Waals surface area contributed by atoms with Crippen molar-refractivity contribution in [3.63, 3.8) is 0 Å². The molecule has 2 atom stereocenters. The molecule has 17 nitrogen and oxygen atoms in total. The second-order valence-electron chi connectivity index (χ2n) is 19.9. The Hall–Kier alpha value is -6.10. The lowest BCUT2D eigenvalue weighted by atomic mass is 9.92. The highest BCUT2D eigenvalue weighted by molar-refractivity contribution is 7.22. The Kier molecular flexibility index (Phi) is 19.4. The van der Waals surface area contributed by atoms with Crippen molar-refractivity contribution in [1.29, 1.82) is 0 Å². The van der Waals surface area contributed by atoms with E-state index in [9.17, 15) is 14.3 Å². The lowest BCUT2D eigenvalue weighted by Gasteiger charge is -2.35. The lowest BCUT2D eigenvalue weighted by Crippen LogP contribution is -2.49. The van der Waals surface area contributed by atoms with Crippen LogP contribution in [0.3, 0.4) is 0 Å². The van der Waals surface area contributed by atoms with Crippen LogP contribution in [0.1, 0.15) is 27.9 Å². The maximum Gasteiger partial charge on any atom is 0.345 e. The summed E-state index contributed by atoms with van der Waals surface area (Å²) < 4.78 is 63.8. The summed E-state index contributed by atoms with van der Waals surface area (Å²) in [6.45, 7) is 14.3. The van der Waals surface area contributed by atoms with E-state index in [2.05, 4.69) is 48.8 Å². The molecular formula is C59H64Cl2FN7O10S. The van der Waals surface area contributed by atoms with Gasteiger partial charge in [0.15, 0.2) is 11.6 Å². The molecule has 0 radical (unpaired) electrons. The van der Waals surface area contributed by atoms with Gasteiger partial charge in [-0.25, -0.2) is 29.1 Å². The first-order chi connectivity index (χ1) is 38.9. The van der Waals surface area contributed by atoms with Gasteiger partial charge >= 0.3 is 5.97 Å². The predicted molar refractivity (Wildman–Crippen MR) is 304 cm³/mol. The highest BCUT2D eigenvalue weighted by atomic mass is 35.5. The third kappa shape index (κ3) is 14.1. The second kappa shape index (κ2) is 27.1. The number of aliphatic carboxylic acids is 1. The fourth-order valence-electron chi connectivity index (χ4n) is 9.92. The monoisotopic (exact) mass is 1150 g/mol. The van der Waals surface area contributed by atoms with E-state index in [0.717, 1.165) is 50.4 Å². The number of hydrogen-bond acceptors (Lipinski definition) is 17. The van der Waals surface area contributed by atoms with E-state index in [1.807, 2.05) is 26.0 Å². The molecule has 2 saturated heterocycles. The first-order valence-corrected chi connectivity index (χ1v) is 28.3. The maximum absolute atomic E-state index is 14.5. The van der Waals surface area contributed by atoms with Crippen molar-refractivity contribution in [1.82, 2.24) is 34.6 Å². The van der Waals surface area contributed by atoms with E-state index in [1.54, 1.807) is 42.6 Å². The van der Waals surface area contributed by atoms with E-state index in [4.69, 9.17) is 66.1 Å². The highest BCUT2D eigenvalue weighted by Gasteiger charge is 2.32. The molecule has 1 N–H and O–H groups in total. The summed E-state index contributed by atoms with van der Waals surface area (Å²) in [5, 5.41) is 12.0. The molecule has 0 spiro atoms. The van der Waals surface area contributed by atoms with Crippen LogP contribution in [0.25, 0.3) is 43.2 Å². The van der Waals surface area contributed by atoms with Crippen molar-refractivity contribution in [2.45, 2.75) is 45.6 Å². The van der Waals surface area contributed by atoms with Crippen LogP contribution in [0.2, 0.25) is 10.0 Å². The Bertz CT molecular complexity index is 3200. The number of benzene rings is 4. The quantitative estimate of drug-likeness (QED) is 0.137. The number of aromatic nitrogens is 4. The standard InChI is InChI=1S/C59H64Cl2FN7O10S/c1-37-49-38(2)53(61)54(52(37)60)78-46(33-68-18-16-67(3)17-19-68)35-76-45-12-13-47(42(30-45)31-48(59(70)71)79-57-51-50(49)55(80-58(51)65-36-64-57)40-8-10-43(62)11-9-40)77-34-44-14-15-63-56(66-44)41-6-4-39(5-7-41)32-69-20-22-72-24-26-74-28-29-75-27-25-73-23-21-69/h4-15,30,36,46,48H,16-29,31-35H2,1-3H3,(H,70,71)/t46-,48-/m1/s1. The minimum absolute atomic E-state index is 0.0206. The molecule has 21 heteroatoms. The largest absolute Gasteiger partial charge is 0.490 e. The van der Waals surface area contributed by atoms with E-state index in [0.29, 0.717) is 153 Å². The molecule has 80 heavy (non-hydrogen) atoms. The van der Waals surface area contributed by atoms with Crippen LogP contribution in [0.5, 0.6) is 23.1 Å². The topological polar surface area (TPSA) is 172 Å². The number of ether oxygens (including phenoxy) is 8. The molecule has 0 amide bonds.